The first kappa shape index (κ1) is 17.2. The average molecular weight is 356 g/mol. The molecule has 3 rings (SSSR count). The summed E-state index contributed by atoms with van der Waals surface area (Å²) in [6, 6.07) is 9.42. The molecule has 0 fully saturated rings. The van der Waals surface area contributed by atoms with Gasteiger partial charge in [0.15, 0.2) is 0 Å². The van der Waals surface area contributed by atoms with Gasteiger partial charge in [0, 0.05) is 16.5 Å². The standard InChI is InChI=1S/C18H20N4O2S/c1-10(2)19-15(23)9-12-8-14-16(21-22-18(14)25-12)20-17(24)13-7-5-4-6-11(13)3/h4-8,10H,9H2,1-3H3,(H,19,23)(H2,20,21,22,24). The summed E-state index contributed by atoms with van der Waals surface area (Å²) in [6.45, 7) is 5.75. The number of carbonyl (C=O) groups is 2. The lowest BCUT2D eigenvalue weighted by molar-refractivity contribution is -0.120. The number of aromatic amines is 1. The minimum Gasteiger partial charge on any atom is -0.354 e. The fourth-order valence-corrected chi connectivity index (χ4v) is 3.57. The first-order valence-corrected chi connectivity index (χ1v) is 8.89. The molecule has 6 nitrogen and oxygen atoms in total. The number of rotatable bonds is 5. The normalized spacial score (nSPS) is 11.0. The van der Waals surface area contributed by atoms with Crippen molar-refractivity contribution in [2.45, 2.75) is 33.2 Å². The minimum absolute atomic E-state index is 0.0200. The van der Waals surface area contributed by atoms with Crippen LogP contribution in [0, 0.1) is 6.92 Å². The molecule has 0 aliphatic heterocycles. The Bertz CT molecular complexity index is 926. The summed E-state index contributed by atoms with van der Waals surface area (Å²) in [5, 5.41) is 13.6. The number of aromatic nitrogens is 2. The van der Waals surface area contributed by atoms with Crippen molar-refractivity contribution in [1.82, 2.24) is 15.5 Å². The van der Waals surface area contributed by atoms with Gasteiger partial charge in [0.2, 0.25) is 5.91 Å². The number of carbonyl (C=O) groups excluding carboxylic acids is 2. The van der Waals surface area contributed by atoms with Gasteiger partial charge in [-0.3, -0.25) is 14.7 Å². The third kappa shape index (κ3) is 3.88. The number of benzene rings is 1. The van der Waals surface area contributed by atoms with Crippen LogP contribution < -0.4 is 10.6 Å². The van der Waals surface area contributed by atoms with Crippen molar-refractivity contribution in [3.63, 3.8) is 0 Å². The molecule has 1 aromatic carbocycles. The monoisotopic (exact) mass is 356 g/mol. The van der Waals surface area contributed by atoms with Gasteiger partial charge in [0.05, 0.1) is 11.8 Å². The molecule has 0 aliphatic rings. The van der Waals surface area contributed by atoms with Crippen LogP contribution in [0.5, 0.6) is 0 Å². The van der Waals surface area contributed by atoms with E-state index in [1.54, 1.807) is 6.07 Å². The topological polar surface area (TPSA) is 86.9 Å². The maximum atomic E-state index is 12.5. The number of H-pyrrole nitrogens is 1. The SMILES string of the molecule is Cc1ccccc1C(=O)Nc1[nH]nc2sc(CC(=O)NC(C)C)cc12. The molecule has 3 N–H and O–H groups in total. The quantitative estimate of drug-likeness (QED) is 0.656. The molecule has 0 atom stereocenters. The Kier molecular flexibility index (Phi) is 4.85. The first-order valence-electron chi connectivity index (χ1n) is 8.07. The van der Waals surface area contributed by atoms with Crippen LogP contribution in [-0.2, 0) is 11.2 Å². The van der Waals surface area contributed by atoms with Crippen molar-refractivity contribution in [2.24, 2.45) is 0 Å². The molecule has 2 aromatic heterocycles. The van der Waals surface area contributed by atoms with E-state index in [0.717, 1.165) is 20.7 Å². The molecule has 0 aliphatic carbocycles. The molecule has 7 heteroatoms. The van der Waals surface area contributed by atoms with Crippen LogP contribution in [0.15, 0.2) is 30.3 Å². The van der Waals surface area contributed by atoms with E-state index in [9.17, 15) is 9.59 Å². The van der Waals surface area contributed by atoms with Crippen LogP contribution >= 0.6 is 11.3 Å². The summed E-state index contributed by atoms with van der Waals surface area (Å²) in [4.78, 5) is 26.1. The predicted molar refractivity (Wildman–Crippen MR) is 100 cm³/mol. The maximum absolute atomic E-state index is 12.5. The van der Waals surface area contributed by atoms with Gasteiger partial charge >= 0.3 is 0 Å². The summed E-state index contributed by atoms with van der Waals surface area (Å²) in [5.41, 5.74) is 1.53. The van der Waals surface area contributed by atoms with E-state index in [-0.39, 0.29) is 17.9 Å². The van der Waals surface area contributed by atoms with Crippen molar-refractivity contribution >= 4 is 39.2 Å². The summed E-state index contributed by atoms with van der Waals surface area (Å²) in [5.74, 6) is 0.345. The second-order valence-electron chi connectivity index (χ2n) is 6.20. The molecule has 2 heterocycles. The molecule has 0 saturated heterocycles. The Labute approximate surface area is 149 Å². The van der Waals surface area contributed by atoms with E-state index < -0.39 is 0 Å². The van der Waals surface area contributed by atoms with Crippen LogP contribution in [0.1, 0.15) is 34.6 Å². The molecule has 0 bridgehead atoms. The summed E-state index contributed by atoms with van der Waals surface area (Å²) < 4.78 is 0. The molecule has 0 unspecified atom stereocenters. The van der Waals surface area contributed by atoms with E-state index in [0.29, 0.717) is 17.8 Å². The Hall–Kier alpha value is -2.67. The van der Waals surface area contributed by atoms with E-state index >= 15 is 0 Å². The number of aryl methyl sites for hydroxylation is 1. The zero-order valence-corrected chi connectivity index (χ0v) is 15.2. The molecule has 0 saturated carbocycles. The first-order chi connectivity index (χ1) is 11.9. The van der Waals surface area contributed by atoms with Crippen LogP contribution in [0.2, 0.25) is 0 Å². The van der Waals surface area contributed by atoms with Crippen molar-refractivity contribution in [2.75, 3.05) is 5.32 Å². The largest absolute Gasteiger partial charge is 0.354 e. The van der Waals surface area contributed by atoms with Crippen molar-refractivity contribution in [3.05, 3.63) is 46.3 Å². The molecule has 0 spiro atoms. The third-order valence-electron chi connectivity index (χ3n) is 3.71. The van der Waals surface area contributed by atoms with E-state index in [2.05, 4.69) is 20.8 Å². The number of nitrogens with zero attached hydrogens (tertiary/aromatic N) is 1. The van der Waals surface area contributed by atoms with Crippen LogP contribution in [0.25, 0.3) is 10.2 Å². The Balaban J connectivity index is 1.78. The molecular weight excluding hydrogens is 336 g/mol. The fraction of sp³-hybridized carbons (Fsp3) is 0.278. The van der Waals surface area contributed by atoms with Crippen LogP contribution in [-0.4, -0.2) is 28.1 Å². The van der Waals surface area contributed by atoms with E-state index in [1.807, 2.05) is 45.0 Å². The minimum atomic E-state index is -0.186. The number of nitrogens with one attached hydrogen (secondary N) is 3. The number of amides is 2. The molecule has 2 amide bonds. The van der Waals surface area contributed by atoms with Crippen molar-refractivity contribution in [1.29, 1.82) is 0 Å². The fourth-order valence-electron chi connectivity index (χ4n) is 2.58. The highest BCUT2D eigenvalue weighted by atomic mass is 32.1. The highest BCUT2D eigenvalue weighted by Gasteiger charge is 2.16. The van der Waals surface area contributed by atoms with Crippen LogP contribution in [0.3, 0.4) is 0 Å². The number of hydrogen-bond donors (Lipinski definition) is 3. The number of hydrogen-bond acceptors (Lipinski definition) is 4. The highest BCUT2D eigenvalue weighted by Crippen LogP contribution is 2.29. The van der Waals surface area contributed by atoms with Gasteiger partial charge in [-0.25, -0.2) is 0 Å². The number of anilines is 1. The lowest BCUT2D eigenvalue weighted by Gasteiger charge is -2.06. The van der Waals surface area contributed by atoms with Gasteiger partial charge in [-0.1, -0.05) is 18.2 Å². The van der Waals surface area contributed by atoms with Crippen molar-refractivity contribution < 1.29 is 9.59 Å². The van der Waals surface area contributed by atoms with Crippen molar-refractivity contribution in [3.8, 4) is 0 Å². The zero-order valence-electron chi connectivity index (χ0n) is 14.3. The van der Waals surface area contributed by atoms with Crippen LogP contribution in [0.4, 0.5) is 5.82 Å². The summed E-state index contributed by atoms with van der Waals surface area (Å²) >= 11 is 1.45. The number of fused-ring (bicyclic) bond motifs is 1. The van der Waals surface area contributed by atoms with Gasteiger partial charge in [-0.05, 0) is 38.5 Å². The second-order valence-corrected chi connectivity index (χ2v) is 7.31. The lowest BCUT2D eigenvalue weighted by Crippen LogP contribution is -2.31. The summed E-state index contributed by atoms with van der Waals surface area (Å²) in [7, 11) is 0. The van der Waals surface area contributed by atoms with Gasteiger partial charge < -0.3 is 10.6 Å². The Morgan fingerprint density at radius 3 is 2.76 bits per heavy atom. The van der Waals surface area contributed by atoms with Gasteiger partial charge in [-0.2, -0.15) is 5.10 Å². The molecule has 130 valence electrons. The average Bonchev–Trinajstić information content (AvgIpc) is 3.08. The maximum Gasteiger partial charge on any atom is 0.257 e. The van der Waals surface area contributed by atoms with E-state index in [4.69, 9.17) is 0 Å². The third-order valence-corrected chi connectivity index (χ3v) is 4.74. The smallest absolute Gasteiger partial charge is 0.257 e. The van der Waals surface area contributed by atoms with Gasteiger partial charge in [0.1, 0.15) is 10.6 Å². The zero-order chi connectivity index (χ0) is 18.0. The lowest BCUT2D eigenvalue weighted by atomic mass is 10.1. The summed E-state index contributed by atoms with van der Waals surface area (Å²) in [6.07, 6.45) is 0.310. The second kappa shape index (κ2) is 7.06. The van der Waals surface area contributed by atoms with Gasteiger partial charge in [0.25, 0.3) is 5.91 Å². The molecule has 0 radical (unpaired) electrons. The molecular formula is C18H20N4O2S. The Morgan fingerprint density at radius 2 is 2.04 bits per heavy atom. The number of thiophene rings is 1. The predicted octanol–water partition coefficient (Wildman–Crippen LogP) is 3.25. The van der Waals surface area contributed by atoms with Gasteiger partial charge in [-0.15, -0.1) is 11.3 Å². The molecule has 3 aromatic rings. The Morgan fingerprint density at radius 1 is 1.28 bits per heavy atom. The van der Waals surface area contributed by atoms with E-state index in [1.165, 1.54) is 11.3 Å². The molecule has 25 heavy (non-hydrogen) atoms. The highest BCUT2D eigenvalue weighted by molar-refractivity contribution is 7.18.